The number of aromatic nitrogens is 1. The Kier molecular flexibility index (Phi) is 2.76. The van der Waals surface area contributed by atoms with Gasteiger partial charge in [0.25, 0.3) is 0 Å². The number of oxazole rings is 1. The van der Waals surface area contributed by atoms with Crippen molar-refractivity contribution in [2.75, 3.05) is 5.32 Å². The van der Waals surface area contributed by atoms with Gasteiger partial charge in [-0.25, -0.2) is 4.98 Å². The Morgan fingerprint density at radius 3 is 2.88 bits per heavy atom. The molecule has 0 bridgehead atoms. The van der Waals surface area contributed by atoms with Crippen LogP contribution in [0.1, 0.15) is 5.89 Å². The summed E-state index contributed by atoms with van der Waals surface area (Å²) in [6, 6.07) is 8.89. The van der Waals surface area contributed by atoms with Gasteiger partial charge in [-0.05, 0) is 18.2 Å². The van der Waals surface area contributed by atoms with E-state index in [1.54, 1.807) is 37.3 Å². The van der Waals surface area contributed by atoms with Crippen molar-refractivity contribution in [3.63, 3.8) is 0 Å². The smallest absolute Gasteiger partial charge is 0.192 e. The summed E-state index contributed by atoms with van der Waals surface area (Å²) in [5.74, 6) is 0.599. The van der Waals surface area contributed by atoms with Gasteiger partial charge in [0.05, 0.1) is 0 Å². The number of nitrogens with one attached hydrogen (secondary N) is 1. The van der Waals surface area contributed by atoms with Crippen LogP contribution in [-0.2, 0) is 0 Å². The highest BCUT2D eigenvalue weighted by Gasteiger charge is 2.02. The molecule has 0 saturated heterocycles. The Morgan fingerprint density at radius 1 is 1.41 bits per heavy atom. The average Bonchev–Trinajstić information content (AvgIpc) is 2.69. The summed E-state index contributed by atoms with van der Waals surface area (Å²) in [5, 5.41) is 20.0. The Balaban J connectivity index is 2.29. The molecule has 0 fully saturated rings. The molecule has 0 radical (unpaired) electrons. The zero-order valence-electron chi connectivity index (χ0n) is 9.06. The highest BCUT2D eigenvalue weighted by atomic mass is 16.3. The van der Waals surface area contributed by atoms with E-state index in [4.69, 9.17) is 14.9 Å². The van der Waals surface area contributed by atoms with E-state index in [9.17, 15) is 0 Å². The van der Waals surface area contributed by atoms with Crippen LogP contribution in [0.2, 0.25) is 0 Å². The molecule has 1 N–H and O–H groups in total. The van der Waals surface area contributed by atoms with Gasteiger partial charge in [-0.3, -0.25) is 0 Å². The fourth-order valence-corrected chi connectivity index (χ4v) is 1.38. The summed E-state index contributed by atoms with van der Waals surface area (Å²) in [5.41, 5.74) is 2.20. The second kappa shape index (κ2) is 4.38. The first-order valence-corrected chi connectivity index (χ1v) is 4.87. The van der Waals surface area contributed by atoms with Crippen molar-refractivity contribution in [2.24, 2.45) is 0 Å². The summed E-state index contributed by atoms with van der Waals surface area (Å²) in [6.07, 6.45) is 1.36. The molecule has 17 heavy (non-hydrogen) atoms. The first-order valence-electron chi connectivity index (χ1n) is 4.87. The van der Waals surface area contributed by atoms with Gasteiger partial charge in [0.2, 0.25) is 0 Å². The van der Waals surface area contributed by atoms with Crippen molar-refractivity contribution >= 4 is 16.8 Å². The van der Waals surface area contributed by atoms with E-state index in [1.807, 2.05) is 0 Å². The van der Waals surface area contributed by atoms with Crippen LogP contribution in [0.25, 0.3) is 11.1 Å². The Bertz CT molecular complexity index is 654. The molecule has 0 unspecified atom stereocenters. The fraction of sp³-hybridized carbons (Fsp3) is 0.0833. The van der Waals surface area contributed by atoms with Crippen LogP contribution >= 0.6 is 0 Å². The summed E-state index contributed by atoms with van der Waals surface area (Å²) < 4.78 is 5.33. The van der Waals surface area contributed by atoms with Crippen molar-refractivity contribution in [3.8, 4) is 12.1 Å². The second-order valence-corrected chi connectivity index (χ2v) is 3.34. The van der Waals surface area contributed by atoms with Crippen LogP contribution in [0.4, 0.5) is 5.69 Å². The van der Waals surface area contributed by atoms with Gasteiger partial charge in [-0.1, -0.05) is 0 Å². The molecule has 2 aromatic rings. The standard InChI is InChI=1S/C12H8N4O/c1-8-16-11-4-10(2-3-12(11)17-8)15-7-9(5-13)6-14/h2-4,7,15H,1H3. The molecule has 1 heterocycles. The van der Waals surface area contributed by atoms with Gasteiger partial charge in [-0.15, -0.1) is 0 Å². The lowest BCUT2D eigenvalue weighted by atomic mass is 10.3. The SMILES string of the molecule is Cc1nc2cc(NC=C(C#N)C#N)ccc2o1. The highest BCUT2D eigenvalue weighted by molar-refractivity contribution is 5.77. The van der Waals surface area contributed by atoms with Gasteiger partial charge in [-0.2, -0.15) is 10.5 Å². The van der Waals surface area contributed by atoms with E-state index < -0.39 is 0 Å². The summed E-state index contributed by atoms with van der Waals surface area (Å²) >= 11 is 0. The Labute approximate surface area is 97.6 Å². The van der Waals surface area contributed by atoms with Gasteiger partial charge in [0.15, 0.2) is 11.5 Å². The first kappa shape index (κ1) is 10.7. The average molecular weight is 224 g/mol. The molecular formula is C12H8N4O. The number of nitriles is 2. The molecule has 0 atom stereocenters. The molecule has 0 spiro atoms. The third kappa shape index (κ3) is 2.24. The van der Waals surface area contributed by atoms with E-state index in [2.05, 4.69) is 10.3 Å². The zero-order chi connectivity index (χ0) is 12.3. The predicted molar refractivity (Wildman–Crippen MR) is 61.7 cm³/mol. The molecule has 0 aliphatic heterocycles. The number of nitrogens with zero attached hydrogens (tertiary/aromatic N) is 3. The van der Waals surface area contributed by atoms with Gasteiger partial charge < -0.3 is 9.73 Å². The van der Waals surface area contributed by atoms with Crippen LogP contribution in [0.3, 0.4) is 0 Å². The minimum absolute atomic E-state index is 0.0152. The van der Waals surface area contributed by atoms with Crippen molar-refractivity contribution in [3.05, 3.63) is 35.9 Å². The minimum Gasteiger partial charge on any atom is -0.441 e. The van der Waals surface area contributed by atoms with Crippen LogP contribution in [0.5, 0.6) is 0 Å². The number of rotatable bonds is 2. The van der Waals surface area contributed by atoms with E-state index >= 15 is 0 Å². The predicted octanol–water partition coefficient (Wildman–Crippen LogP) is 2.48. The molecule has 0 aliphatic carbocycles. The van der Waals surface area contributed by atoms with Crippen molar-refractivity contribution in [2.45, 2.75) is 6.92 Å². The van der Waals surface area contributed by atoms with Crippen LogP contribution < -0.4 is 5.32 Å². The largest absolute Gasteiger partial charge is 0.441 e. The summed E-state index contributed by atoms with van der Waals surface area (Å²) in [6.45, 7) is 1.77. The van der Waals surface area contributed by atoms with E-state index in [0.717, 1.165) is 11.2 Å². The van der Waals surface area contributed by atoms with E-state index in [1.165, 1.54) is 6.20 Å². The van der Waals surface area contributed by atoms with Crippen molar-refractivity contribution < 1.29 is 4.42 Å². The molecule has 5 nitrogen and oxygen atoms in total. The van der Waals surface area contributed by atoms with Crippen molar-refractivity contribution in [1.29, 1.82) is 10.5 Å². The lowest BCUT2D eigenvalue weighted by Gasteiger charge is -1.98. The van der Waals surface area contributed by atoms with Gasteiger partial charge in [0, 0.05) is 18.8 Å². The molecule has 0 saturated carbocycles. The Morgan fingerprint density at radius 2 is 2.18 bits per heavy atom. The summed E-state index contributed by atoms with van der Waals surface area (Å²) in [7, 11) is 0. The van der Waals surface area contributed by atoms with Crippen molar-refractivity contribution in [1.82, 2.24) is 4.98 Å². The molecule has 5 heteroatoms. The van der Waals surface area contributed by atoms with Crippen LogP contribution in [0.15, 0.2) is 34.4 Å². The molecule has 2 rings (SSSR count). The number of benzene rings is 1. The molecule has 82 valence electrons. The van der Waals surface area contributed by atoms with Crippen LogP contribution in [0, 0.1) is 29.6 Å². The topological polar surface area (TPSA) is 85.6 Å². The summed E-state index contributed by atoms with van der Waals surface area (Å²) in [4.78, 5) is 4.18. The van der Waals surface area contributed by atoms with E-state index in [-0.39, 0.29) is 5.57 Å². The minimum atomic E-state index is 0.0152. The normalized spacial score (nSPS) is 9.35. The molecule has 1 aromatic carbocycles. The number of fused-ring (bicyclic) bond motifs is 1. The monoisotopic (exact) mass is 224 g/mol. The Hall–Kier alpha value is -2.79. The number of allylic oxidation sites excluding steroid dienone is 1. The third-order valence-corrected chi connectivity index (χ3v) is 2.12. The number of hydrogen-bond donors (Lipinski definition) is 1. The maximum absolute atomic E-state index is 8.57. The molecular weight excluding hydrogens is 216 g/mol. The maximum Gasteiger partial charge on any atom is 0.192 e. The second-order valence-electron chi connectivity index (χ2n) is 3.34. The number of hydrogen-bond acceptors (Lipinski definition) is 5. The fourth-order valence-electron chi connectivity index (χ4n) is 1.38. The zero-order valence-corrected chi connectivity index (χ0v) is 9.06. The maximum atomic E-state index is 8.57. The number of anilines is 1. The third-order valence-electron chi connectivity index (χ3n) is 2.12. The van der Waals surface area contributed by atoms with Crippen LogP contribution in [-0.4, -0.2) is 4.98 Å². The molecule has 1 aromatic heterocycles. The highest BCUT2D eigenvalue weighted by Crippen LogP contribution is 2.19. The van der Waals surface area contributed by atoms with Gasteiger partial charge >= 0.3 is 0 Å². The van der Waals surface area contributed by atoms with E-state index in [0.29, 0.717) is 11.5 Å². The lowest BCUT2D eigenvalue weighted by Crippen LogP contribution is -1.89. The lowest BCUT2D eigenvalue weighted by molar-refractivity contribution is 0.561. The van der Waals surface area contributed by atoms with Gasteiger partial charge in [0.1, 0.15) is 23.2 Å². The molecule has 0 aliphatic rings. The quantitative estimate of drug-likeness (QED) is 0.792. The molecule has 0 amide bonds. The number of aryl methyl sites for hydroxylation is 1. The first-order chi connectivity index (χ1) is 8.22.